The third-order valence-corrected chi connectivity index (χ3v) is 5.31. The van der Waals surface area contributed by atoms with E-state index in [2.05, 4.69) is 10.3 Å². The fraction of sp³-hybridized carbons (Fsp3) is 0.400. The number of guanidine groups is 1. The molecule has 0 aromatic heterocycles. The van der Waals surface area contributed by atoms with Crippen LogP contribution < -0.4 is 11.1 Å². The van der Waals surface area contributed by atoms with E-state index in [1.165, 1.54) is 29.2 Å². The normalized spacial score (nSPS) is 16.6. The number of rotatable bonds is 6. The van der Waals surface area contributed by atoms with Crippen molar-refractivity contribution in [3.8, 4) is 0 Å². The predicted molar refractivity (Wildman–Crippen MR) is 125 cm³/mol. The van der Waals surface area contributed by atoms with E-state index in [0.29, 0.717) is 11.1 Å². The maximum atomic E-state index is 14.2. The lowest BCUT2D eigenvalue weighted by molar-refractivity contribution is -0.129. The molecule has 1 aliphatic rings. The van der Waals surface area contributed by atoms with Gasteiger partial charge < -0.3 is 11.1 Å². The van der Waals surface area contributed by atoms with Crippen LogP contribution in [0.5, 0.6) is 0 Å². The Balaban J connectivity index is 0.00000187. The van der Waals surface area contributed by atoms with Crippen molar-refractivity contribution in [3.63, 3.8) is 0 Å². The van der Waals surface area contributed by atoms with Crippen LogP contribution in [0.15, 0.2) is 47.5 Å². The van der Waals surface area contributed by atoms with E-state index in [-0.39, 0.29) is 48.2 Å². The Labute approximate surface area is 193 Å². The SMILES string of the molecule is CC.CC(NC(=O)c1cc(F)cc(CN2C(=O)CC(C(C)C)N=C2N)c1)c1ccc(F)cc1. The highest BCUT2D eigenvalue weighted by Gasteiger charge is 2.29. The van der Waals surface area contributed by atoms with Crippen LogP contribution in [0.2, 0.25) is 0 Å². The third kappa shape index (κ3) is 6.84. The number of halogens is 2. The summed E-state index contributed by atoms with van der Waals surface area (Å²) in [6.07, 6.45) is 0.232. The van der Waals surface area contributed by atoms with Gasteiger partial charge >= 0.3 is 0 Å². The average Bonchev–Trinajstić information content (AvgIpc) is 2.77. The summed E-state index contributed by atoms with van der Waals surface area (Å²) in [6, 6.07) is 9.09. The van der Waals surface area contributed by atoms with Crippen molar-refractivity contribution < 1.29 is 18.4 Å². The molecule has 33 heavy (non-hydrogen) atoms. The number of carbonyl (C=O) groups is 2. The van der Waals surface area contributed by atoms with Crippen LogP contribution >= 0.6 is 0 Å². The van der Waals surface area contributed by atoms with E-state index in [4.69, 9.17) is 5.73 Å². The Hall–Kier alpha value is -3.29. The second-order valence-electron chi connectivity index (χ2n) is 8.08. The van der Waals surface area contributed by atoms with Gasteiger partial charge in [-0.1, -0.05) is 39.8 Å². The highest BCUT2D eigenvalue weighted by Crippen LogP contribution is 2.21. The van der Waals surface area contributed by atoms with Gasteiger partial charge in [-0.3, -0.25) is 14.5 Å². The third-order valence-electron chi connectivity index (χ3n) is 5.31. The van der Waals surface area contributed by atoms with Crippen LogP contribution in [-0.2, 0) is 11.3 Å². The Kier molecular flexibility index (Phi) is 9.08. The van der Waals surface area contributed by atoms with Gasteiger partial charge in [-0.25, -0.2) is 13.8 Å². The standard InChI is InChI=1S/C23H26F2N4O2.C2H6/c1-13(2)20-11-21(30)29(23(26)28-20)12-15-8-17(10-19(25)9-15)22(31)27-14(3)16-4-6-18(24)7-5-16;1-2/h4-10,13-14,20H,11-12H2,1-3H3,(H2,26,28)(H,27,31);1-2H3. The van der Waals surface area contributed by atoms with Gasteiger partial charge in [0.1, 0.15) is 11.6 Å². The molecule has 2 aromatic carbocycles. The lowest BCUT2D eigenvalue weighted by atomic mass is 9.99. The number of hydrogen-bond acceptors (Lipinski definition) is 4. The van der Waals surface area contributed by atoms with Crippen molar-refractivity contribution in [2.75, 3.05) is 0 Å². The number of nitrogens with one attached hydrogen (secondary N) is 1. The van der Waals surface area contributed by atoms with E-state index >= 15 is 0 Å². The van der Waals surface area contributed by atoms with Gasteiger partial charge in [-0.05, 0) is 54.3 Å². The molecular formula is C25H32F2N4O2. The molecule has 2 amide bonds. The van der Waals surface area contributed by atoms with E-state index in [1.54, 1.807) is 19.1 Å². The summed E-state index contributed by atoms with van der Waals surface area (Å²) in [4.78, 5) is 30.8. The molecule has 0 saturated heterocycles. The van der Waals surface area contributed by atoms with Crippen LogP contribution in [0.4, 0.5) is 8.78 Å². The first-order chi connectivity index (χ1) is 15.6. The predicted octanol–water partition coefficient (Wildman–Crippen LogP) is 4.55. The first kappa shape index (κ1) is 26.0. The molecule has 2 unspecified atom stereocenters. The van der Waals surface area contributed by atoms with Gasteiger partial charge in [0.15, 0.2) is 5.96 Å². The summed E-state index contributed by atoms with van der Waals surface area (Å²) in [5.74, 6) is -1.37. The first-order valence-corrected chi connectivity index (χ1v) is 11.1. The molecule has 3 N–H and O–H groups in total. The van der Waals surface area contributed by atoms with Crippen LogP contribution in [0.25, 0.3) is 0 Å². The van der Waals surface area contributed by atoms with E-state index < -0.39 is 17.8 Å². The molecule has 2 atom stereocenters. The molecule has 0 fully saturated rings. The summed E-state index contributed by atoms with van der Waals surface area (Å²) >= 11 is 0. The van der Waals surface area contributed by atoms with Gasteiger partial charge in [-0.15, -0.1) is 0 Å². The highest BCUT2D eigenvalue weighted by atomic mass is 19.1. The quantitative estimate of drug-likeness (QED) is 0.666. The lowest BCUT2D eigenvalue weighted by Gasteiger charge is -2.30. The topological polar surface area (TPSA) is 87.8 Å². The molecular weight excluding hydrogens is 426 g/mol. The molecule has 6 nitrogen and oxygen atoms in total. The van der Waals surface area contributed by atoms with Crippen LogP contribution in [0, 0.1) is 17.6 Å². The Morgan fingerprint density at radius 1 is 1.12 bits per heavy atom. The largest absolute Gasteiger partial charge is 0.369 e. The van der Waals surface area contributed by atoms with Gasteiger partial charge in [0.25, 0.3) is 5.91 Å². The Bertz CT molecular complexity index is 1010. The van der Waals surface area contributed by atoms with Gasteiger partial charge in [-0.2, -0.15) is 0 Å². The molecule has 1 aliphatic heterocycles. The van der Waals surface area contributed by atoms with Crippen molar-refractivity contribution in [1.29, 1.82) is 0 Å². The molecule has 0 saturated carbocycles. The second kappa shape index (κ2) is 11.5. The van der Waals surface area contributed by atoms with Crippen molar-refractivity contribution in [1.82, 2.24) is 10.2 Å². The molecule has 2 aromatic rings. The minimum absolute atomic E-state index is 0.0184. The second-order valence-corrected chi connectivity index (χ2v) is 8.08. The summed E-state index contributed by atoms with van der Waals surface area (Å²) in [5.41, 5.74) is 7.23. The number of aliphatic imine (C=N–C) groups is 1. The van der Waals surface area contributed by atoms with Crippen molar-refractivity contribution in [3.05, 3.63) is 70.8 Å². The van der Waals surface area contributed by atoms with Gasteiger partial charge in [0.05, 0.1) is 25.0 Å². The summed E-state index contributed by atoms with van der Waals surface area (Å²) in [6.45, 7) is 9.70. The molecule has 0 bridgehead atoms. The van der Waals surface area contributed by atoms with E-state index in [0.717, 1.165) is 6.07 Å². The highest BCUT2D eigenvalue weighted by molar-refractivity contribution is 5.98. The average molecular weight is 459 g/mol. The number of hydrogen-bond donors (Lipinski definition) is 2. The van der Waals surface area contributed by atoms with Crippen molar-refractivity contribution in [2.24, 2.45) is 16.6 Å². The number of nitrogens with two attached hydrogens (primary N) is 1. The number of carbonyl (C=O) groups excluding carboxylic acids is 2. The zero-order valence-corrected chi connectivity index (χ0v) is 19.7. The number of nitrogens with zero attached hydrogens (tertiary/aromatic N) is 2. The molecule has 0 radical (unpaired) electrons. The smallest absolute Gasteiger partial charge is 0.251 e. The fourth-order valence-corrected chi connectivity index (χ4v) is 3.43. The van der Waals surface area contributed by atoms with E-state index in [9.17, 15) is 18.4 Å². The zero-order chi connectivity index (χ0) is 24.7. The van der Waals surface area contributed by atoms with Crippen LogP contribution in [-0.4, -0.2) is 28.7 Å². The maximum absolute atomic E-state index is 14.2. The Morgan fingerprint density at radius 2 is 1.76 bits per heavy atom. The molecule has 178 valence electrons. The Morgan fingerprint density at radius 3 is 2.33 bits per heavy atom. The number of amides is 2. The zero-order valence-electron chi connectivity index (χ0n) is 19.7. The van der Waals surface area contributed by atoms with Crippen LogP contribution in [0.1, 0.15) is 68.6 Å². The van der Waals surface area contributed by atoms with Crippen LogP contribution in [0.3, 0.4) is 0 Å². The summed E-state index contributed by atoms with van der Waals surface area (Å²) in [5, 5.41) is 2.77. The van der Waals surface area contributed by atoms with Gasteiger partial charge in [0.2, 0.25) is 5.91 Å². The number of benzene rings is 2. The maximum Gasteiger partial charge on any atom is 0.251 e. The molecule has 0 spiro atoms. The molecule has 1 heterocycles. The monoisotopic (exact) mass is 458 g/mol. The van der Waals surface area contributed by atoms with Crippen molar-refractivity contribution >= 4 is 17.8 Å². The lowest BCUT2D eigenvalue weighted by Crippen LogP contribution is -2.47. The summed E-state index contributed by atoms with van der Waals surface area (Å²) < 4.78 is 27.3. The molecule has 0 aliphatic carbocycles. The minimum atomic E-state index is -0.600. The molecule has 8 heteroatoms. The molecule has 3 rings (SSSR count). The van der Waals surface area contributed by atoms with Crippen molar-refractivity contribution in [2.45, 2.75) is 59.7 Å². The van der Waals surface area contributed by atoms with E-state index in [1.807, 2.05) is 27.7 Å². The first-order valence-electron chi connectivity index (χ1n) is 11.1. The minimum Gasteiger partial charge on any atom is -0.369 e. The fourth-order valence-electron chi connectivity index (χ4n) is 3.43. The summed E-state index contributed by atoms with van der Waals surface area (Å²) in [7, 11) is 0. The van der Waals surface area contributed by atoms with Gasteiger partial charge in [0, 0.05) is 5.56 Å².